The summed E-state index contributed by atoms with van der Waals surface area (Å²) in [5.74, 6) is 1.70. The topological polar surface area (TPSA) is 94.2 Å². The number of thiocarbonyl (C=S) groups is 1. The number of carbonyl (C=O) groups is 3. The fraction of sp³-hybridized carbons (Fsp3) is 0.538. The Hall–Kier alpha value is -2.11. The highest BCUT2D eigenvalue weighted by molar-refractivity contribution is 9.10. The first-order valence-electron chi connectivity index (χ1n) is 12.5. The molecule has 1 aromatic rings. The highest BCUT2D eigenvalue weighted by Crippen LogP contribution is 2.60. The van der Waals surface area contributed by atoms with Gasteiger partial charge in [-0.05, 0) is 115 Å². The lowest BCUT2D eigenvalue weighted by atomic mass is 9.49. The minimum atomic E-state index is -0.486. The molecule has 0 aromatic heterocycles. The van der Waals surface area contributed by atoms with E-state index in [1.807, 2.05) is 0 Å². The lowest BCUT2D eigenvalue weighted by Crippen LogP contribution is -2.57. The molecule has 11 heteroatoms. The van der Waals surface area contributed by atoms with Gasteiger partial charge in [0, 0.05) is 0 Å². The van der Waals surface area contributed by atoms with E-state index >= 15 is 0 Å². The number of nitrogens with one attached hydrogen (secondary N) is 1. The van der Waals surface area contributed by atoms with Gasteiger partial charge < -0.3 is 14.2 Å². The van der Waals surface area contributed by atoms with Crippen LogP contribution in [-0.2, 0) is 19.1 Å². The number of hydrazine groups is 1. The highest BCUT2D eigenvalue weighted by Gasteiger charge is 2.55. The van der Waals surface area contributed by atoms with Gasteiger partial charge in [-0.2, -0.15) is 5.01 Å². The Morgan fingerprint density at radius 1 is 1.22 bits per heavy atom. The number of thioether (sulfide) groups is 1. The molecule has 6 rings (SSSR count). The molecule has 1 aromatic carbocycles. The third-order valence-electron chi connectivity index (χ3n) is 7.72. The Morgan fingerprint density at radius 2 is 1.86 bits per heavy atom. The van der Waals surface area contributed by atoms with Crippen LogP contribution in [0.1, 0.15) is 51.0 Å². The van der Waals surface area contributed by atoms with Gasteiger partial charge >= 0.3 is 5.97 Å². The van der Waals surface area contributed by atoms with Crippen molar-refractivity contribution in [3.05, 3.63) is 27.1 Å². The molecule has 5 fully saturated rings. The van der Waals surface area contributed by atoms with E-state index in [2.05, 4.69) is 21.4 Å². The standard InChI is InChI=1S/C26H29BrN2O6S2/c1-3-34-21(30)13-35-22-18(27)7-14(8-19(22)33-2)9-20-23(31)29(25(36)37-20)28-24(32)26-10-15-4-16(11-26)6-17(5-15)12-26/h7-9,15-17H,3-6,10-13H2,1-2H3,(H,28,32)/b20-9-. The number of rotatable bonds is 8. The number of esters is 1. The van der Waals surface area contributed by atoms with E-state index in [9.17, 15) is 14.4 Å². The molecule has 4 saturated carbocycles. The zero-order valence-corrected chi connectivity index (χ0v) is 23.9. The van der Waals surface area contributed by atoms with Crippen molar-refractivity contribution in [2.24, 2.45) is 23.2 Å². The molecule has 0 spiro atoms. The van der Waals surface area contributed by atoms with Crippen LogP contribution in [-0.4, -0.2) is 47.4 Å². The molecule has 1 saturated heterocycles. The summed E-state index contributed by atoms with van der Waals surface area (Å²) in [5, 5.41) is 1.22. The minimum Gasteiger partial charge on any atom is -0.493 e. The van der Waals surface area contributed by atoms with Crippen LogP contribution in [0, 0.1) is 23.2 Å². The second-order valence-electron chi connectivity index (χ2n) is 10.3. The Bertz CT molecular complexity index is 1150. The Morgan fingerprint density at radius 3 is 2.46 bits per heavy atom. The molecule has 0 radical (unpaired) electrons. The lowest BCUT2D eigenvalue weighted by Gasteiger charge is -2.55. The average Bonchev–Trinajstić information content (AvgIpc) is 3.09. The van der Waals surface area contributed by atoms with Crippen molar-refractivity contribution in [2.45, 2.75) is 45.4 Å². The fourth-order valence-electron chi connectivity index (χ4n) is 6.62. The summed E-state index contributed by atoms with van der Waals surface area (Å²) in [7, 11) is 1.49. The maximum absolute atomic E-state index is 13.5. The summed E-state index contributed by atoms with van der Waals surface area (Å²) in [5.41, 5.74) is 3.17. The van der Waals surface area contributed by atoms with Gasteiger partial charge in [0.25, 0.3) is 5.91 Å². The number of hydrogen-bond donors (Lipinski definition) is 1. The van der Waals surface area contributed by atoms with Crippen LogP contribution in [0.3, 0.4) is 0 Å². The highest BCUT2D eigenvalue weighted by atomic mass is 79.9. The number of carbonyl (C=O) groups excluding carboxylic acids is 3. The number of methoxy groups -OCH3 is 1. The molecule has 1 heterocycles. The number of halogens is 1. The van der Waals surface area contributed by atoms with Crippen molar-refractivity contribution >= 4 is 68.1 Å². The van der Waals surface area contributed by atoms with E-state index in [1.54, 1.807) is 25.1 Å². The van der Waals surface area contributed by atoms with E-state index in [0.717, 1.165) is 31.0 Å². The van der Waals surface area contributed by atoms with E-state index in [-0.39, 0.29) is 30.4 Å². The molecule has 8 nitrogen and oxygen atoms in total. The second-order valence-corrected chi connectivity index (χ2v) is 12.8. The first-order valence-corrected chi connectivity index (χ1v) is 14.5. The van der Waals surface area contributed by atoms with Gasteiger partial charge in [0.1, 0.15) is 0 Å². The van der Waals surface area contributed by atoms with Crippen LogP contribution in [0.25, 0.3) is 6.08 Å². The van der Waals surface area contributed by atoms with Gasteiger partial charge in [-0.1, -0.05) is 11.8 Å². The van der Waals surface area contributed by atoms with Crippen LogP contribution in [0.2, 0.25) is 0 Å². The van der Waals surface area contributed by atoms with E-state index in [4.69, 9.17) is 26.4 Å². The second kappa shape index (κ2) is 10.6. The maximum atomic E-state index is 13.5. The fourth-order valence-corrected chi connectivity index (χ4v) is 8.37. The van der Waals surface area contributed by atoms with Crippen molar-refractivity contribution < 1.29 is 28.6 Å². The molecule has 1 N–H and O–H groups in total. The summed E-state index contributed by atoms with van der Waals surface area (Å²) < 4.78 is 16.8. The van der Waals surface area contributed by atoms with Crippen LogP contribution in [0.4, 0.5) is 0 Å². The summed E-state index contributed by atoms with van der Waals surface area (Å²) in [4.78, 5) is 38.8. The quantitative estimate of drug-likeness (QED) is 0.254. The van der Waals surface area contributed by atoms with Gasteiger partial charge in [0.05, 0.1) is 28.5 Å². The van der Waals surface area contributed by atoms with Crippen LogP contribution >= 0.6 is 39.9 Å². The smallest absolute Gasteiger partial charge is 0.344 e. The molecule has 2 amide bonds. The SMILES string of the molecule is CCOC(=O)COc1c(Br)cc(/C=C2\SC(=S)N(NC(=O)C34CC5CC(CC(C5)C3)C4)C2=O)cc1OC. The van der Waals surface area contributed by atoms with Crippen LogP contribution in [0.15, 0.2) is 21.5 Å². The van der Waals surface area contributed by atoms with Crippen molar-refractivity contribution in [2.75, 3.05) is 20.3 Å². The Labute approximate surface area is 233 Å². The molecule has 5 aliphatic rings. The predicted molar refractivity (Wildman–Crippen MR) is 147 cm³/mol. The van der Waals surface area contributed by atoms with Crippen LogP contribution in [0.5, 0.6) is 11.5 Å². The van der Waals surface area contributed by atoms with Gasteiger partial charge in [-0.3, -0.25) is 15.0 Å². The Kier molecular flexibility index (Phi) is 7.57. The summed E-state index contributed by atoms with van der Waals surface area (Å²) in [6.07, 6.45) is 8.14. The van der Waals surface area contributed by atoms with Crippen molar-refractivity contribution in [1.29, 1.82) is 0 Å². The van der Waals surface area contributed by atoms with Gasteiger partial charge in [0.2, 0.25) is 5.91 Å². The van der Waals surface area contributed by atoms with E-state index in [0.29, 0.717) is 48.5 Å². The molecular weight excluding hydrogens is 580 g/mol. The largest absolute Gasteiger partial charge is 0.493 e. The molecule has 0 unspecified atom stereocenters. The molecule has 0 atom stereocenters. The number of amides is 2. The first kappa shape index (κ1) is 26.5. The van der Waals surface area contributed by atoms with Crippen molar-refractivity contribution in [1.82, 2.24) is 10.4 Å². The zero-order valence-electron chi connectivity index (χ0n) is 20.7. The van der Waals surface area contributed by atoms with Crippen molar-refractivity contribution in [3.63, 3.8) is 0 Å². The average molecular weight is 610 g/mol. The molecule has 37 heavy (non-hydrogen) atoms. The summed E-state index contributed by atoms with van der Waals surface area (Å²) in [6.45, 7) is 1.73. The maximum Gasteiger partial charge on any atom is 0.344 e. The normalized spacial score (nSPS) is 29.1. The number of nitrogens with zero attached hydrogens (tertiary/aromatic N) is 1. The third kappa shape index (κ3) is 5.27. The predicted octanol–water partition coefficient (Wildman–Crippen LogP) is 4.85. The molecule has 1 aliphatic heterocycles. The molecule has 4 bridgehead atoms. The lowest BCUT2D eigenvalue weighted by molar-refractivity contribution is -0.152. The monoisotopic (exact) mass is 608 g/mol. The Balaban J connectivity index is 1.30. The first-order chi connectivity index (χ1) is 17.7. The third-order valence-corrected chi connectivity index (χ3v) is 9.61. The minimum absolute atomic E-state index is 0.0725. The van der Waals surface area contributed by atoms with E-state index < -0.39 is 5.97 Å². The van der Waals surface area contributed by atoms with Gasteiger partial charge in [-0.25, -0.2) is 4.79 Å². The number of hydrogen-bond acceptors (Lipinski definition) is 8. The summed E-state index contributed by atoms with van der Waals surface area (Å²) >= 11 is 10.1. The summed E-state index contributed by atoms with van der Waals surface area (Å²) in [6, 6.07) is 3.45. The number of benzene rings is 1. The molecule has 198 valence electrons. The van der Waals surface area contributed by atoms with Crippen molar-refractivity contribution in [3.8, 4) is 11.5 Å². The molecular formula is C26H29BrN2O6S2. The molecule has 4 aliphatic carbocycles. The number of ether oxygens (including phenoxy) is 3. The van der Waals surface area contributed by atoms with Crippen LogP contribution < -0.4 is 14.9 Å². The van der Waals surface area contributed by atoms with E-state index in [1.165, 1.54) is 31.4 Å². The van der Waals surface area contributed by atoms with Gasteiger partial charge in [-0.15, -0.1) is 0 Å². The zero-order chi connectivity index (χ0) is 26.3. The van der Waals surface area contributed by atoms with Gasteiger partial charge in [0.15, 0.2) is 22.4 Å².